The average Bonchev–Trinajstić information content (AvgIpc) is 3.12. The van der Waals surface area contributed by atoms with Crippen molar-refractivity contribution in [2.75, 3.05) is 47.3 Å². The molecule has 6 rings (SSSR count). The number of phenolic OH excluding ortho intramolecular Hbond substituents is 3. The molecule has 3 aliphatic rings. The molecule has 1 unspecified atom stereocenters. The molecule has 1 amide bonds. The summed E-state index contributed by atoms with van der Waals surface area (Å²) in [6.45, 7) is 2.45. The lowest BCUT2D eigenvalue weighted by atomic mass is 9.57. The van der Waals surface area contributed by atoms with Gasteiger partial charge in [0, 0.05) is 57.3 Å². The highest BCUT2D eigenvalue weighted by atomic mass is 16.6. The van der Waals surface area contributed by atoms with Crippen molar-refractivity contribution < 1.29 is 78.6 Å². The third-order valence-electron chi connectivity index (χ3n) is 10.9. The van der Waals surface area contributed by atoms with Crippen molar-refractivity contribution in [3.05, 3.63) is 51.6 Å². The Kier molecular flexibility index (Phi) is 10.0. The highest BCUT2D eigenvalue weighted by Gasteiger charge is 2.72. The maximum atomic E-state index is 14.8. The minimum atomic E-state index is -3.25. The zero-order valence-corrected chi connectivity index (χ0v) is 30.9. The molecule has 0 spiro atoms. The van der Waals surface area contributed by atoms with E-state index in [1.807, 2.05) is 0 Å². The van der Waals surface area contributed by atoms with Crippen molar-refractivity contribution in [2.45, 2.75) is 62.1 Å². The summed E-state index contributed by atoms with van der Waals surface area (Å²) in [4.78, 5) is 56.3. The summed E-state index contributed by atoms with van der Waals surface area (Å²) in [6, 6.07) is 3.36. The Hall–Kier alpha value is -5.08. The average molecular weight is 771 g/mol. The summed E-state index contributed by atoms with van der Waals surface area (Å²) in [5, 5.41) is 82.6. The van der Waals surface area contributed by atoms with Crippen LogP contribution in [0.25, 0.3) is 10.8 Å². The van der Waals surface area contributed by atoms with Crippen molar-refractivity contribution in [3.63, 3.8) is 0 Å². The number of aliphatic hydroxyl groups is 4. The number of fused-ring (bicyclic) bond motifs is 5. The van der Waals surface area contributed by atoms with Crippen LogP contribution in [0.15, 0.2) is 18.2 Å². The van der Waals surface area contributed by atoms with Crippen LogP contribution in [-0.4, -0.2) is 143 Å². The van der Waals surface area contributed by atoms with Gasteiger partial charge in [0.15, 0.2) is 11.2 Å². The molecule has 18 heteroatoms. The van der Waals surface area contributed by atoms with Gasteiger partial charge in [0.1, 0.15) is 40.9 Å². The van der Waals surface area contributed by atoms with Gasteiger partial charge in [-0.2, -0.15) is 0 Å². The number of nitrogens with one attached hydrogen (secondary N) is 1. The monoisotopic (exact) mass is 770 g/mol. The first-order chi connectivity index (χ1) is 25.9. The van der Waals surface area contributed by atoms with E-state index in [-0.39, 0.29) is 16.8 Å². The molecule has 0 aromatic heterocycles. The largest absolute Gasteiger partial charge is 0.507 e. The van der Waals surface area contributed by atoms with Gasteiger partial charge in [-0.1, -0.05) is 6.07 Å². The van der Waals surface area contributed by atoms with Crippen molar-refractivity contribution in [2.24, 2.45) is 5.92 Å². The number of esters is 1. The summed E-state index contributed by atoms with van der Waals surface area (Å²) in [5.41, 5.74) is -8.83. The Morgan fingerprint density at radius 2 is 1.69 bits per heavy atom. The fourth-order valence-electron chi connectivity index (χ4n) is 8.17. The summed E-state index contributed by atoms with van der Waals surface area (Å²) in [5.74, 6) is -7.87. The number of ketones is 2. The molecule has 1 saturated heterocycles. The van der Waals surface area contributed by atoms with Crippen LogP contribution in [0, 0.1) is 12.8 Å². The van der Waals surface area contributed by atoms with Gasteiger partial charge in [0.2, 0.25) is 11.6 Å². The number of phenols is 3. The summed E-state index contributed by atoms with van der Waals surface area (Å²) in [7, 11) is 6.04. The fourth-order valence-corrected chi connectivity index (χ4v) is 8.17. The topological polar surface area (TPSA) is 271 Å². The van der Waals surface area contributed by atoms with Crippen LogP contribution >= 0.6 is 0 Å². The van der Waals surface area contributed by atoms with Gasteiger partial charge in [-0.3, -0.25) is 9.59 Å². The molecule has 3 aromatic carbocycles. The molecule has 8 N–H and O–H groups in total. The van der Waals surface area contributed by atoms with Gasteiger partial charge in [-0.05, 0) is 31.0 Å². The van der Waals surface area contributed by atoms with Crippen LogP contribution in [0.1, 0.15) is 54.7 Å². The number of aliphatic hydroxyl groups excluding tert-OH is 3. The number of aromatic hydroxyl groups is 3. The zero-order valence-electron chi connectivity index (χ0n) is 30.9. The molecule has 1 fully saturated rings. The molecule has 3 aromatic rings. The number of hydrogen-bond donors (Lipinski definition) is 8. The normalized spacial score (nSPS) is 28.6. The summed E-state index contributed by atoms with van der Waals surface area (Å²) >= 11 is 0. The molecule has 1 heterocycles. The van der Waals surface area contributed by atoms with Gasteiger partial charge in [0.25, 0.3) is 0 Å². The van der Waals surface area contributed by atoms with Crippen LogP contribution in [0.5, 0.6) is 23.0 Å². The molecule has 2 aliphatic carbocycles. The standard InChI is InChI=1S/C37H42N2O16/c1-13-8-15-9-21(41)37(53-7)32(47)24-17(31(46)36(37,50)25(15)29(45)22(13)34(48)52-6)10-16-23(28(24)44)20(55-35(49)39(3)4)11-19(26(16)42)38-33-18(12-40)27(43)30(51-5)14(2)54-33/h8,10-11,14,18,21,27,30,33,38,40-45,50H,9,12H2,1-7H3/t14-,18+,21+,27-,30-,33?,36-,37+/m0/s1. The second kappa shape index (κ2) is 13.9. The minimum Gasteiger partial charge on any atom is -0.507 e. The van der Waals surface area contributed by atoms with E-state index < -0.39 is 140 Å². The Labute approximate surface area is 313 Å². The van der Waals surface area contributed by atoms with E-state index >= 15 is 0 Å². The number of anilines is 1. The molecule has 8 atom stereocenters. The Bertz CT molecular complexity index is 2140. The second-order valence-electron chi connectivity index (χ2n) is 14.0. The lowest BCUT2D eigenvalue weighted by molar-refractivity contribution is -0.201. The van der Waals surface area contributed by atoms with Crippen molar-refractivity contribution in [1.29, 1.82) is 0 Å². The number of carbonyl (C=O) groups excluding carboxylic acids is 4. The van der Waals surface area contributed by atoms with Crippen molar-refractivity contribution >= 4 is 40.1 Å². The summed E-state index contributed by atoms with van der Waals surface area (Å²) < 4.78 is 27.2. The molecule has 0 saturated carbocycles. The first-order valence-corrected chi connectivity index (χ1v) is 17.1. The number of nitrogens with zero attached hydrogens (tertiary/aromatic N) is 1. The number of carbonyl (C=O) groups is 4. The number of methoxy groups -OCH3 is 3. The molecule has 0 radical (unpaired) electrons. The van der Waals surface area contributed by atoms with Crippen LogP contribution < -0.4 is 10.1 Å². The highest BCUT2D eigenvalue weighted by Crippen LogP contribution is 2.58. The number of Topliss-reactive ketones (excluding diaryl/α,β-unsaturated/α-hetero) is 2. The molecule has 55 heavy (non-hydrogen) atoms. The molecular weight excluding hydrogens is 728 g/mol. The number of amides is 1. The van der Waals surface area contributed by atoms with Gasteiger partial charge < -0.3 is 69.6 Å². The fraction of sp³-hybridized carbons (Fsp3) is 0.459. The Balaban J connectivity index is 1.64. The number of aryl methyl sites for hydroxylation is 1. The highest BCUT2D eigenvalue weighted by molar-refractivity contribution is 6.27. The SMILES string of the molecule is COC(=O)c1c(C)cc2c(c1O)[C@]1(O)C(=O)c3cc4c(O)c(NC5O[C@@H](C)[C@H](OC)[C@@H](O)[C@H]5CO)cc(OC(=O)N(C)C)c4c(O)c3C(=O)[C@]1(OC)[C@H](O)C2. The summed E-state index contributed by atoms with van der Waals surface area (Å²) in [6.07, 6.45) is -7.43. The number of benzene rings is 3. The van der Waals surface area contributed by atoms with E-state index in [0.29, 0.717) is 0 Å². The lowest BCUT2D eigenvalue weighted by Gasteiger charge is -2.52. The number of ether oxygens (including phenoxy) is 5. The van der Waals surface area contributed by atoms with Crippen molar-refractivity contribution in [1.82, 2.24) is 4.90 Å². The number of hydrogen-bond acceptors (Lipinski definition) is 17. The van der Waals surface area contributed by atoms with E-state index in [2.05, 4.69) is 5.32 Å². The van der Waals surface area contributed by atoms with Gasteiger partial charge in [-0.25, -0.2) is 9.59 Å². The quantitative estimate of drug-likeness (QED) is 0.122. The van der Waals surface area contributed by atoms with Gasteiger partial charge in [-0.15, -0.1) is 0 Å². The molecule has 1 aliphatic heterocycles. The minimum absolute atomic E-state index is 0.00907. The van der Waals surface area contributed by atoms with Crippen molar-refractivity contribution in [3.8, 4) is 23.0 Å². The van der Waals surface area contributed by atoms with Crippen LogP contribution in [0.2, 0.25) is 0 Å². The second-order valence-corrected chi connectivity index (χ2v) is 14.0. The maximum absolute atomic E-state index is 14.8. The smallest absolute Gasteiger partial charge is 0.414 e. The van der Waals surface area contributed by atoms with Crippen LogP contribution in [0.3, 0.4) is 0 Å². The molecule has 296 valence electrons. The first kappa shape index (κ1) is 39.6. The van der Waals surface area contributed by atoms with E-state index in [0.717, 1.165) is 31.3 Å². The Morgan fingerprint density at radius 3 is 2.27 bits per heavy atom. The third-order valence-corrected chi connectivity index (χ3v) is 10.9. The maximum Gasteiger partial charge on any atom is 0.414 e. The molecule has 18 nitrogen and oxygen atoms in total. The first-order valence-electron chi connectivity index (χ1n) is 17.1. The van der Waals surface area contributed by atoms with Gasteiger partial charge in [0.05, 0.1) is 54.6 Å². The lowest BCUT2D eigenvalue weighted by Crippen LogP contribution is -2.73. The van der Waals surface area contributed by atoms with Gasteiger partial charge >= 0.3 is 12.1 Å². The third kappa shape index (κ3) is 5.42. The zero-order chi connectivity index (χ0) is 40.6. The van der Waals surface area contributed by atoms with Crippen LogP contribution in [-0.2, 0) is 31.0 Å². The molecule has 0 bridgehead atoms. The number of rotatable bonds is 7. The van der Waals surface area contributed by atoms with Crippen LogP contribution in [0.4, 0.5) is 10.5 Å². The Morgan fingerprint density at radius 1 is 1.02 bits per heavy atom. The van der Waals surface area contributed by atoms with E-state index in [1.54, 1.807) is 6.92 Å². The molecular formula is C37H42N2O16. The van der Waals surface area contributed by atoms with E-state index in [4.69, 9.17) is 23.7 Å². The predicted molar refractivity (Wildman–Crippen MR) is 189 cm³/mol. The predicted octanol–water partition coefficient (Wildman–Crippen LogP) is 0.822. The van der Waals surface area contributed by atoms with E-state index in [1.165, 1.54) is 34.2 Å². The van der Waals surface area contributed by atoms with E-state index in [9.17, 15) is 54.9 Å².